The predicted molar refractivity (Wildman–Crippen MR) is 102 cm³/mol. The van der Waals surface area contributed by atoms with Crippen LogP contribution >= 0.6 is 0 Å². The predicted octanol–water partition coefficient (Wildman–Crippen LogP) is 1.93. The summed E-state index contributed by atoms with van der Waals surface area (Å²) in [5.74, 6) is 0.304. The third-order valence-corrected chi connectivity index (χ3v) is 3.96. The summed E-state index contributed by atoms with van der Waals surface area (Å²) in [4.78, 5) is 15.8. The van der Waals surface area contributed by atoms with Crippen molar-refractivity contribution in [3.63, 3.8) is 0 Å². The van der Waals surface area contributed by atoms with Gasteiger partial charge < -0.3 is 20.8 Å². The van der Waals surface area contributed by atoms with E-state index in [1.165, 1.54) is 10.9 Å². The lowest BCUT2D eigenvalue weighted by molar-refractivity contribution is 0.245. The Morgan fingerprint density at radius 1 is 1.25 bits per heavy atom. The molecule has 3 aromatic rings. The third kappa shape index (κ3) is 3.92. The van der Waals surface area contributed by atoms with Crippen LogP contribution in [0.2, 0.25) is 0 Å². The minimum Gasteiger partial charge on any atom is -0.493 e. The summed E-state index contributed by atoms with van der Waals surface area (Å²) < 4.78 is 1.30. The Morgan fingerprint density at radius 3 is 2.61 bits per heavy atom. The average Bonchev–Trinajstić information content (AvgIpc) is 3.01. The van der Waals surface area contributed by atoms with Crippen molar-refractivity contribution in [1.82, 2.24) is 20.1 Å². The number of urea groups is 1. The molecule has 0 radical (unpaired) electrons. The Kier molecular flexibility index (Phi) is 5.53. The van der Waals surface area contributed by atoms with Crippen LogP contribution in [0.15, 0.2) is 42.6 Å². The van der Waals surface area contributed by atoms with Gasteiger partial charge in [-0.1, -0.05) is 12.1 Å². The molecule has 0 saturated heterocycles. The summed E-state index contributed by atoms with van der Waals surface area (Å²) in [5, 5.41) is 37.7. The molecule has 0 saturated carbocycles. The normalized spacial score (nSPS) is 10.3. The molecule has 142 valence electrons. The van der Waals surface area contributed by atoms with Crippen LogP contribution in [-0.4, -0.2) is 44.2 Å². The van der Waals surface area contributed by atoms with E-state index in [1.807, 2.05) is 0 Å². The molecule has 1 aromatic carbocycles. The van der Waals surface area contributed by atoms with E-state index in [4.69, 9.17) is 10.4 Å². The van der Waals surface area contributed by atoms with E-state index < -0.39 is 6.03 Å². The number of aryl methyl sites for hydroxylation is 1. The fraction of sp³-hybridized carbons (Fsp3) is 0.158. The Labute approximate surface area is 160 Å². The minimum atomic E-state index is -0.454. The number of aliphatic hydroxyl groups is 1. The summed E-state index contributed by atoms with van der Waals surface area (Å²) in [5.41, 5.74) is 2.88. The molecule has 0 aliphatic rings. The molecule has 2 heterocycles. The number of amides is 2. The molecule has 0 bridgehead atoms. The number of aromatic hydroxyl groups is 1. The highest BCUT2D eigenvalue weighted by molar-refractivity contribution is 5.89. The molecule has 0 aliphatic heterocycles. The number of anilines is 1. The van der Waals surface area contributed by atoms with E-state index in [0.29, 0.717) is 28.3 Å². The molecule has 0 spiro atoms. The largest absolute Gasteiger partial charge is 0.493 e. The molecule has 0 aliphatic carbocycles. The maximum Gasteiger partial charge on any atom is 0.319 e. The number of hydrogen-bond acceptors (Lipinski definition) is 6. The molecule has 9 nitrogen and oxygen atoms in total. The summed E-state index contributed by atoms with van der Waals surface area (Å²) in [7, 11) is 0. The lowest BCUT2D eigenvalue weighted by Crippen LogP contribution is -2.30. The van der Waals surface area contributed by atoms with Crippen molar-refractivity contribution in [3.8, 4) is 28.9 Å². The van der Waals surface area contributed by atoms with Crippen molar-refractivity contribution in [1.29, 1.82) is 5.26 Å². The first-order valence-corrected chi connectivity index (χ1v) is 8.44. The number of aromatic nitrogens is 3. The van der Waals surface area contributed by atoms with Gasteiger partial charge in [0.2, 0.25) is 5.88 Å². The number of benzene rings is 1. The molecule has 4 N–H and O–H groups in total. The van der Waals surface area contributed by atoms with Crippen molar-refractivity contribution in [2.24, 2.45) is 0 Å². The minimum absolute atomic E-state index is 0.0731. The van der Waals surface area contributed by atoms with Gasteiger partial charge in [0.25, 0.3) is 0 Å². The first-order chi connectivity index (χ1) is 13.5. The smallest absolute Gasteiger partial charge is 0.319 e. The van der Waals surface area contributed by atoms with Crippen LogP contribution in [0.1, 0.15) is 11.3 Å². The Bertz CT molecular complexity index is 1020. The molecule has 2 amide bonds. The molecule has 9 heteroatoms. The zero-order valence-corrected chi connectivity index (χ0v) is 15.0. The van der Waals surface area contributed by atoms with E-state index in [1.54, 1.807) is 43.3 Å². The van der Waals surface area contributed by atoms with Crippen molar-refractivity contribution in [2.45, 2.75) is 6.92 Å². The number of pyridine rings is 1. The fourth-order valence-electron chi connectivity index (χ4n) is 2.65. The standard InChI is InChI=1S/C19H18N6O3/c1-12-17(14-4-2-13(10-20)3-5-14)18(27)25(24-12)16-7-6-15(11-22-16)23-19(28)21-8-9-26/h2-7,11,26-27H,8-9H2,1H3,(H2,21,23,28). The van der Waals surface area contributed by atoms with Gasteiger partial charge in [-0.05, 0) is 36.8 Å². The van der Waals surface area contributed by atoms with Crippen LogP contribution in [0.4, 0.5) is 10.5 Å². The topological polar surface area (TPSA) is 136 Å². The lowest BCUT2D eigenvalue weighted by Gasteiger charge is -2.07. The van der Waals surface area contributed by atoms with Crippen molar-refractivity contribution >= 4 is 11.7 Å². The molecule has 2 aromatic heterocycles. The van der Waals surface area contributed by atoms with Crippen molar-refractivity contribution in [2.75, 3.05) is 18.5 Å². The van der Waals surface area contributed by atoms with Gasteiger partial charge in [-0.15, -0.1) is 0 Å². The van der Waals surface area contributed by atoms with Crippen LogP contribution in [0.25, 0.3) is 16.9 Å². The molecule has 0 unspecified atom stereocenters. The highest BCUT2D eigenvalue weighted by atomic mass is 16.3. The van der Waals surface area contributed by atoms with Crippen LogP contribution in [-0.2, 0) is 0 Å². The first kappa shape index (κ1) is 18.9. The number of nitrogens with one attached hydrogen (secondary N) is 2. The zero-order chi connectivity index (χ0) is 20.1. The summed E-state index contributed by atoms with van der Waals surface area (Å²) >= 11 is 0. The van der Waals surface area contributed by atoms with Crippen LogP contribution in [0.3, 0.4) is 0 Å². The quantitative estimate of drug-likeness (QED) is 0.536. The second-order valence-corrected chi connectivity index (χ2v) is 5.89. The molecular formula is C19H18N6O3. The molecule has 28 heavy (non-hydrogen) atoms. The number of nitriles is 1. The van der Waals surface area contributed by atoms with E-state index >= 15 is 0 Å². The summed E-state index contributed by atoms with van der Waals surface area (Å²) in [6.07, 6.45) is 1.44. The van der Waals surface area contributed by atoms with E-state index in [-0.39, 0.29) is 19.0 Å². The average molecular weight is 378 g/mol. The van der Waals surface area contributed by atoms with Crippen LogP contribution in [0, 0.1) is 18.3 Å². The second kappa shape index (κ2) is 8.20. The number of aliphatic hydroxyl groups excluding tert-OH is 1. The van der Waals surface area contributed by atoms with Gasteiger partial charge >= 0.3 is 6.03 Å². The zero-order valence-electron chi connectivity index (χ0n) is 15.0. The highest BCUT2D eigenvalue weighted by Crippen LogP contribution is 2.34. The third-order valence-electron chi connectivity index (χ3n) is 3.96. The number of nitrogens with zero attached hydrogens (tertiary/aromatic N) is 4. The van der Waals surface area contributed by atoms with Crippen molar-refractivity contribution in [3.05, 3.63) is 53.9 Å². The van der Waals surface area contributed by atoms with Gasteiger partial charge in [0.15, 0.2) is 5.82 Å². The number of hydrogen-bond donors (Lipinski definition) is 4. The van der Waals surface area contributed by atoms with E-state index in [0.717, 1.165) is 5.56 Å². The fourth-order valence-corrected chi connectivity index (χ4v) is 2.65. The number of carbonyl (C=O) groups is 1. The summed E-state index contributed by atoms with van der Waals surface area (Å²) in [6.45, 7) is 1.77. The Balaban J connectivity index is 1.84. The highest BCUT2D eigenvalue weighted by Gasteiger charge is 2.18. The SMILES string of the molecule is Cc1nn(-c2ccc(NC(=O)NCCO)cn2)c(O)c1-c1ccc(C#N)cc1. The molecule has 0 fully saturated rings. The lowest BCUT2D eigenvalue weighted by atomic mass is 10.0. The maximum atomic E-state index is 11.6. The van der Waals surface area contributed by atoms with Crippen LogP contribution in [0.5, 0.6) is 5.88 Å². The van der Waals surface area contributed by atoms with Gasteiger partial charge in [-0.2, -0.15) is 15.0 Å². The van der Waals surface area contributed by atoms with E-state index in [9.17, 15) is 9.90 Å². The number of rotatable bonds is 5. The number of carbonyl (C=O) groups excluding carboxylic acids is 1. The molecule has 3 rings (SSSR count). The van der Waals surface area contributed by atoms with Crippen LogP contribution < -0.4 is 10.6 Å². The van der Waals surface area contributed by atoms with Gasteiger partial charge in [0.1, 0.15) is 0 Å². The second-order valence-electron chi connectivity index (χ2n) is 5.89. The van der Waals surface area contributed by atoms with Gasteiger partial charge in [-0.25, -0.2) is 9.78 Å². The molecule has 0 atom stereocenters. The Morgan fingerprint density at radius 2 is 2.00 bits per heavy atom. The monoisotopic (exact) mass is 378 g/mol. The van der Waals surface area contributed by atoms with Crippen molar-refractivity contribution < 1.29 is 15.0 Å². The van der Waals surface area contributed by atoms with Gasteiger partial charge in [0, 0.05) is 6.54 Å². The first-order valence-electron chi connectivity index (χ1n) is 8.44. The van der Waals surface area contributed by atoms with Gasteiger partial charge in [-0.3, -0.25) is 0 Å². The summed E-state index contributed by atoms with van der Waals surface area (Å²) in [6, 6.07) is 11.7. The van der Waals surface area contributed by atoms with Gasteiger partial charge in [0.05, 0.1) is 41.4 Å². The molecular weight excluding hydrogens is 360 g/mol. The maximum absolute atomic E-state index is 11.6. The Hall–Kier alpha value is -3.90. The van der Waals surface area contributed by atoms with E-state index in [2.05, 4.69) is 26.8 Å².